The number of halogens is 2. The molecule has 3 rings (SSSR count). The number of carbonyl (C=O) groups is 1. The van der Waals surface area contributed by atoms with E-state index in [1.807, 2.05) is 29.6 Å². The van der Waals surface area contributed by atoms with Crippen molar-refractivity contribution in [1.82, 2.24) is 15.3 Å². The third-order valence-corrected chi connectivity index (χ3v) is 4.99. The smallest absolute Gasteiger partial charge is 0.407 e. The second-order valence-corrected chi connectivity index (χ2v) is 7.12. The summed E-state index contributed by atoms with van der Waals surface area (Å²) < 4.78 is 29.4. The van der Waals surface area contributed by atoms with E-state index < -0.39 is 19.1 Å². The molecule has 1 amide bonds. The fourth-order valence-corrected chi connectivity index (χ4v) is 3.36. The molecule has 1 aromatic carbocycles. The molecule has 0 spiro atoms. The van der Waals surface area contributed by atoms with Crippen LogP contribution >= 0.6 is 11.9 Å². The van der Waals surface area contributed by atoms with Crippen molar-refractivity contribution in [1.29, 1.82) is 0 Å². The summed E-state index contributed by atoms with van der Waals surface area (Å²) in [6, 6.07) is 7.59. The lowest BCUT2D eigenvalue weighted by molar-refractivity contribution is 0.0889. The van der Waals surface area contributed by atoms with E-state index in [4.69, 9.17) is 9.88 Å². The summed E-state index contributed by atoms with van der Waals surface area (Å²) >= 11 is 1.18. The van der Waals surface area contributed by atoms with Gasteiger partial charge in [0.15, 0.2) is 0 Å². The quantitative estimate of drug-likeness (QED) is 0.598. The zero-order chi connectivity index (χ0) is 19.9. The molecule has 4 N–H and O–H groups in total. The number of amides is 1. The number of carbonyl (C=O) groups excluding carboxylic acids is 1. The highest BCUT2D eigenvalue weighted by Crippen LogP contribution is 2.35. The minimum atomic E-state index is -2.59. The van der Waals surface area contributed by atoms with Crippen LogP contribution in [0.2, 0.25) is 0 Å². The molecule has 0 saturated heterocycles. The lowest BCUT2D eigenvalue weighted by Gasteiger charge is -2.13. The van der Waals surface area contributed by atoms with Gasteiger partial charge in [-0.2, -0.15) is 0 Å². The summed E-state index contributed by atoms with van der Waals surface area (Å²) in [7, 11) is 0. The second-order valence-electron chi connectivity index (χ2n) is 6.42. The lowest BCUT2D eigenvalue weighted by Crippen LogP contribution is -2.31. The number of aromatic nitrogens is 2. The number of benzene rings is 1. The molecule has 2 aromatic rings. The number of hydrogen-bond acceptors (Lipinski definition) is 7. The van der Waals surface area contributed by atoms with E-state index in [1.165, 1.54) is 11.9 Å². The molecule has 2 atom stereocenters. The van der Waals surface area contributed by atoms with Crippen molar-refractivity contribution in [3.05, 3.63) is 42.2 Å². The first-order valence-electron chi connectivity index (χ1n) is 8.82. The Kier molecular flexibility index (Phi) is 6.99. The van der Waals surface area contributed by atoms with Crippen LogP contribution < -0.4 is 15.8 Å². The van der Waals surface area contributed by atoms with Crippen molar-refractivity contribution >= 4 is 29.7 Å². The van der Waals surface area contributed by atoms with Crippen molar-refractivity contribution in [2.45, 2.75) is 42.6 Å². The summed E-state index contributed by atoms with van der Waals surface area (Å²) in [5, 5.41) is 10.7. The van der Waals surface area contributed by atoms with Crippen LogP contribution in [0.3, 0.4) is 0 Å². The van der Waals surface area contributed by atoms with Crippen LogP contribution in [-0.4, -0.2) is 35.1 Å². The van der Waals surface area contributed by atoms with Crippen LogP contribution in [0.25, 0.3) is 0 Å². The predicted octanol–water partition coefficient (Wildman–Crippen LogP) is 3.81. The highest BCUT2D eigenvalue weighted by atomic mass is 32.2. The SMILES string of the molecule is NSc1ccc(Nc2ncc(C3CCC(OC(=O)NCC(F)F)C3)cn2)cc1. The molecule has 2 unspecified atom stereocenters. The summed E-state index contributed by atoms with van der Waals surface area (Å²) in [6.45, 7) is -0.703. The van der Waals surface area contributed by atoms with Gasteiger partial charge in [0.25, 0.3) is 6.43 Å². The van der Waals surface area contributed by atoms with Gasteiger partial charge in [0.2, 0.25) is 5.95 Å². The van der Waals surface area contributed by atoms with Crippen LogP contribution in [0.1, 0.15) is 30.7 Å². The molecule has 28 heavy (non-hydrogen) atoms. The monoisotopic (exact) mass is 409 g/mol. The van der Waals surface area contributed by atoms with Crippen molar-refractivity contribution in [2.75, 3.05) is 11.9 Å². The molecule has 7 nitrogen and oxygen atoms in total. The number of nitrogens with two attached hydrogens (primary N) is 1. The fraction of sp³-hybridized carbons (Fsp3) is 0.389. The number of hydrogen-bond donors (Lipinski definition) is 3. The van der Waals surface area contributed by atoms with E-state index >= 15 is 0 Å². The maximum atomic E-state index is 12.1. The van der Waals surface area contributed by atoms with E-state index in [-0.39, 0.29) is 12.0 Å². The number of rotatable bonds is 7. The molecule has 150 valence electrons. The van der Waals surface area contributed by atoms with E-state index in [0.717, 1.165) is 22.6 Å². The van der Waals surface area contributed by atoms with Crippen LogP contribution in [0.15, 0.2) is 41.6 Å². The molecule has 0 radical (unpaired) electrons. The topological polar surface area (TPSA) is 102 Å². The highest BCUT2D eigenvalue weighted by Gasteiger charge is 2.29. The normalized spacial score (nSPS) is 18.9. The van der Waals surface area contributed by atoms with Gasteiger partial charge in [0, 0.05) is 23.0 Å². The summed E-state index contributed by atoms with van der Waals surface area (Å²) in [4.78, 5) is 21.1. The number of alkyl halides is 2. The summed E-state index contributed by atoms with van der Waals surface area (Å²) in [6.07, 6.45) is 1.94. The van der Waals surface area contributed by atoms with E-state index in [9.17, 15) is 13.6 Å². The van der Waals surface area contributed by atoms with Crippen molar-refractivity contribution in [3.63, 3.8) is 0 Å². The molecule has 1 heterocycles. The Morgan fingerprint density at radius 1 is 1.25 bits per heavy atom. The molecule has 1 saturated carbocycles. The Balaban J connectivity index is 1.50. The number of alkyl carbamates (subject to hydrolysis) is 1. The van der Waals surface area contributed by atoms with Gasteiger partial charge >= 0.3 is 6.09 Å². The average Bonchev–Trinajstić information content (AvgIpc) is 3.16. The Bertz CT molecular complexity index is 777. The van der Waals surface area contributed by atoms with Gasteiger partial charge < -0.3 is 15.4 Å². The van der Waals surface area contributed by atoms with Crippen LogP contribution in [-0.2, 0) is 4.74 Å². The Hall–Kier alpha value is -2.46. The first-order valence-corrected chi connectivity index (χ1v) is 9.70. The maximum Gasteiger partial charge on any atom is 0.407 e. The van der Waals surface area contributed by atoms with Crippen LogP contribution in [0.4, 0.5) is 25.2 Å². The van der Waals surface area contributed by atoms with Gasteiger partial charge in [-0.3, -0.25) is 5.14 Å². The second kappa shape index (κ2) is 9.65. The standard InChI is InChI=1S/C18H21F2N5O2S/c19-16(20)10-24-18(26)27-14-4-1-11(7-14)12-8-22-17(23-9-12)25-13-2-5-15(28-21)6-3-13/h2-3,5-6,8-9,11,14,16H,1,4,7,10,21H2,(H,24,26)(H,22,23,25). The van der Waals surface area contributed by atoms with Crippen molar-refractivity contribution < 1.29 is 18.3 Å². The van der Waals surface area contributed by atoms with Gasteiger partial charge in [-0.25, -0.2) is 23.5 Å². The average molecular weight is 409 g/mol. The number of nitrogens with one attached hydrogen (secondary N) is 2. The molecular weight excluding hydrogens is 388 g/mol. The van der Waals surface area contributed by atoms with E-state index in [1.54, 1.807) is 12.4 Å². The Labute approximate surface area is 165 Å². The number of ether oxygens (including phenoxy) is 1. The minimum Gasteiger partial charge on any atom is -0.446 e. The lowest BCUT2D eigenvalue weighted by atomic mass is 10.0. The zero-order valence-electron chi connectivity index (χ0n) is 15.0. The molecule has 1 aliphatic carbocycles. The fourth-order valence-electron chi connectivity index (χ4n) is 3.06. The van der Waals surface area contributed by atoms with E-state index in [2.05, 4.69) is 15.3 Å². The predicted molar refractivity (Wildman–Crippen MR) is 103 cm³/mol. The minimum absolute atomic E-state index is 0.169. The zero-order valence-corrected chi connectivity index (χ0v) is 15.8. The first-order chi connectivity index (χ1) is 13.5. The van der Waals surface area contributed by atoms with Gasteiger partial charge in [-0.05, 0) is 67.0 Å². The molecule has 10 heteroatoms. The van der Waals surface area contributed by atoms with Gasteiger partial charge in [-0.1, -0.05) is 0 Å². The molecule has 0 bridgehead atoms. The molecule has 1 aliphatic rings. The van der Waals surface area contributed by atoms with Gasteiger partial charge in [0.1, 0.15) is 6.10 Å². The van der Waals surface area contributed by atoms with E-state index in [0.29, 0.717) is 18.8 Å². The molecular formula is C18H21F2N5O2S. The summed E-state index contributed by atoms with van der Waals surface area (Å²) in [5.74, 6) is 0.650. The molecule has 0 aliphatic heterocycles. The van der Waals surface area contributed by atoms with Crippen molar-refractivity contribution in [3.8, 4) is 0 Å². The van der Waals surface area contributed by atoms with Crippen LogP contribution in [0.5, 0.6) is 0 Å². The highest BCUT2D eigenvalue weighted by molar-refractivity contribution is 7.97. The Morgan fingerprint density at radius 2 is 1.96 bits per heavy atom. The molecule has 1 fully saturated rings. The summed E-state index contributed by atoms with van der Waals surface area (Å²) in [5.41, 5.74) is 1.81. The molecule has 1 aromatic heterocycles. The first kappa shape index (κ1) is 20.3. The third kappa shape index (κ3) is 5.77. The number of nitrogens with zero attached hydrogens (tertiary/aromatic N) is 2. The van der Waals surface area contributed by atoms with Crippen LogP contribution in [0, 0.1) is 0 Å². The third-order valence-electron chi connectivity index (χ3n) is 4.45. The number of anilines is 2. The largest absolute Gasteiger partial charge is 0.446 e. The maximum absolute atomic E-state index is 12.1. The van der Waals surface area contributed by atoms with Gasteiger partial charge in [-0.15, -0.1) is 0 Å². The van der Waals surface area contributed by atoms with Gasteiger partial charge in [0.05, 0.1) is 6.54 Å². The van der Waals surface area contributed by atoms with Crippen molar-refractivity contribution in [2.24, 2.45) is 5.14 Å². The Morgan fingerprint density at radius 3 is 2.61 bits per heavy atom.